The lowest BCUT2D eigenvalue weighted by Crippen LogP contribution is -2.40. The molecule has 0 spiro atoms. The van der Waals surface area contributed by atoms with Gasteiger partial charge < -0.3 is 29.7 Å². The van der Waals surface area contributed by atoms with Crippen LogP contribution in [0.15, 0.2) is 48.8 Å². The summed E-state index contributed by atoms with van der Waals surface area (Å²) in [6.45, 7) is 13.3. The maximum atomic E-state index is 12.8. The van der Waals surface area contributed by atoms with Gasteiger partial charge in [-0.05, 0) is 63.3 Å². The van der Waals surface area contributed by atoms with E-state index in [1.165, 1.54) is 27.8 Å². The number of hydrogen-bond acceptors (Lipinski definition) is 9. The summed E-state index contributed by atoms with van der Waals surface area (Å²) in [7, 11) is 1.26. The van der Waals surface area contributed by atoms with Crippen molar-refractivity contribution in [3.05, 3.63) is 60.4 Å². The van der Waals surface area contributed by atoms with Crippen LogP contribution < -0.4 is 5.32 Å². The molecule has 5 heterocycles. The molecule has 1 aliphatic heterocycles. The molecule has 1 saturated heterocycles. The molecule has 3 amide bonds. The van der Waals surface area contributed by atoms with E-state index < -0.39 is 11.7 Å². The first-order chi connectivity index (χ1) is 24.9. The SMILES string of the molecule is CCC.CCCN(Cc1ncc(-c2cc3sc(-c4ccc(-c5cnc(C6CCCN6C(=O)OC(C)(C)C)[nH]5)cc4)cc3s2)[nH]1)C(=O)CNC(=O)OC. The van der Waals surface area contributed by atoms with Crippen molar-refractivity contribution in [1.82, 2.24) is 35.1 Å². The number of likely N-dealkylation sites (tertiary alicyclic amines) is 1. The first kappa shape index (κ1) is 38.5. The van der Waals surface area contributed by atoms with Crippen molar-refractivity contribution < 1.29 is 23.9 Å². The summed E-state index contributed by atoms with van der Waals surface area (Å²) >= 11 is 3.44. The second kappa shape index (κ2) is 17.2. The number of nitrogens with one attached hydrogen (secondary N) is 3. The zero-order valence-corrected chi connectivity index (χ0v) is 32.6. The quantitative estimate of drug-likeness (QED) is 0.129. The van der Waals surface area contributed by atoms with Crippen molar-refractivity contribution in [3.8, 4) is 32.3 Å². The van der Waals surface area contributed by atoms with Crippen molar-refractivity contribution in [2.24, 2.45) is 0 Å². The maximum Gasteiger partial charge on any atom is 0.410 e. The molecule has 278 valence electrons. The number of thiophene rings is 2. The Kier molecular flexibility index (Phi) is 12.8. The van der Waals surface area contributed by atoms with Crippen LogP contribution in [0, 0.1) is 0 Å². The van der Waals surface area contributed by atoms with Crippen LogP contribution in [0.1, 0.15) is 84.9 Å². The monoisotopic (exact) mass is 747 g/mol. The standard InChI is InChI=1S/C35H41N7O5S2.C3H8/c1-6-13-41(31(43)19-38-33(44)46-5)20-30-36-18-24(39-30)27-16-29-28(49-27)15-26(48-29)22-11-9-21(10-12-22)23-17-37-32(40-23)25-8-7-14-42(25)34(45)47-35(2,3)4;1-3-2/h9-12,15-18,25H,6-8,13-14,19-20H2,1-5H3,(H,36,39)(H,37,40)(H,38,44);3H2,1-2H3. The number of carbonyl (C=O) groups excluding carboxylic acids is 3. The van der Waals surface area contributed by atoms with Gasteiger partial charge in [0.25, 0.3) is 0 Å². The first-order valence-corrected chi connectivity index (χ1v) is 19.4. The molecule has 12 nitrogen and oxygen atoms in total. The fourth-order valence-electron chi connectivity index (χ4n) is 5.81. The highest BCUT2D eigenvalue weighted by Crippen LogP contribution is 2.42. The zero-order chi connectivity index (χ0) is 37.4. The molecule has 6 rings (SSSR count). The van der Waals surface area contributed by atoms with E-state index in [9.17, 15) is 14.4 Å². The number of imidazole rings is 2. The smallest absolute Gasteiger partial charge is 0.410 e. The number of methoxy groups -OCH3 is 1. The molecular weight excluding hydrogens is 699 g/mol. The molecule has 3 N–H and O–H groups in total. The Morgan fingerprint density at radius 2 is 1.62 bits per heavy atom. The topological polar surface area (TPSA) is 146 Å². The highest BCUT2D eigenvalue weighted by molar-refractivity contribution is 7.31. The minimum Gasteiger partial charge on any atom is -0.453 e. The van der Waals surface area contributed by atoms with Crippen molar-refractivity contribution in [2.75, 3.05) is 26.7 Å². The van der Waals surface area contributed by atoms with Gasteiger partial charge >= 0.3 is 12.2 Å². The normalized spacial score (nSPS) is 14.2. The van der Waals surface area contributed by atoms with Crippen molar-refractivity contribution in [1.29, 1.82) is 0 Å². The number of carbonyl (C=O) groups is 3. The Morgan fingerprint density at radius 3 is 2.29 bits per heavy atom. The van der Waals surface area contributed by atoms with Crippen LogP contribution in [-0.4, -0.2) is 80.2 Å². The van der Waals surface area contributed by atoms with Gasteiger partial charge in [-0.3, -0.25) is 9.69 Å². The molecular formula is C38H49N7O5S2. The third-order valence-electron chi connectivity index (χ3n) is 8.13. The fraction of sp³-hybridized carbons (Fsp3) is 0.447. The van der Waals surface area contributed by atoms with Gasteiger partial charge in [0.2, 0.25) is 5.91 Å². The largest absolute Gasteiger partial charge is 0.453 e. The van der Waals surface area contributed by atoms with E-state index in [-0.39, 0.29) is 24.6 Å². The molecule has 14 heteroatoms. The number of amides is 3. The molecule has 1 atom stereocenters. The van der Waals surface area contributed by atoms with E-state index in [0.29, 0.717) is 25.5 Å². The lowest BCUT2D eigenvalue weighted by Gasteiger charge is -2.27. The van der Waals surface area contributed by atoms with E-state index in [0.717, 1.165) is 52.5 Å². The van der Waals surface area contributed by atoms with Gasteiger partial charge in [-0.25, -0.2) is 19.6 Å². The van der Waals surface area contributed by atoms with E-state index in [2.05, 4.69) is 80.2 Å². The predicted molar refractivity (Wildman–Crippen MR) is 207 cm³/mol. The minimum atomic E-state index is -0.638. The van der Waals surface area contributed by atoms with E-state index >= 15 is 0 Å². The Labute approximate surface area is 313 Å². The molecule has 0 aliphatic carbocycles. The van der Waals surface area contributed by atoms with Gasteiger partial charge in [-0.1, -0.05) is 51.5 Å². The molecule has 4 aromatic heterocycles. The number of alkyl carbamates (subject to hydrolysis) is 1. The zero-order valence-electron chi connectivity index (χ0n) is 31.0. The Hall–Kier alpha value is -4.69. The second-order valence-corrected chi connectivity index (χ2v) is 15.8. The highest BCUT2D eigenvalue weighted by Gasteiger charge is 2.35. The summed E-state index contributed by atoms with van der Waals surface area (Å²) in [6.07, 6.45) is 6.49. The summed E-state index contributed by atoms with van der Waals surface area (Å²) in [5, 5.41) is 2.45. The third kappa shape index (κ3) is 9.59. The third-order valence-corrected chi connectivity index (χ3v) is 10.5. The minimum absolute atomic E-state index is 0.123. The number of fused-ring (bicyclic) bond motifs is 1. The molecule has 0 radical (unpaired) electrons. The number of benzene rings is 1. The van der Waals surface area contributed by atoms with E-state index in [1.807, 2.05) is 33.9 Å². The Morgan fingerprint density at radius 1 is 0.962 bits per heavy atom. The first-order valence-electron chi connectivity index (χ1n) is 17.7. The van der Waals surface area contributed by atoms with Crippen molar-refractivity contribution >= 4 is 50.2 Å². The number of aromatic nitrogens is 4. The highest BCUT2D eigenvalue weighted by atomic mass is 32.1. The number of rotatable bonds is 10. The van der Waals surface area contributed by atoms with Crippen LogP contribution in [-0.2, 0) is 20.8 Å². The summed E-state index contributed by atoms with van der Waals surface area (Å²) in [5.74, 6) is 1.26. The molecule has 1 aliphatic rings. The van der Waals surface area contributed by atoms with Crippen LogP contribution in [0.3, 0.4) is 0 Å². The number of aromatic amines is 2. The van der Waals surface area contributed by atoms with Gasteiger partial charge in [0.15, 0.2) is 0 Å². The predicted octanol–water partition coefficient (Wildman–Crippen LogP) is 8.99. The average molecular weight is 748 g/mol. The molecule has 1 unspecified atom stereocenters. The summed E-state index contributed by atoms with van der Waals surface area (Å²) in [4.78, 5) is 58.5. The molecule has 0 bridgehead atoms. The number of H-pyrrole nitrogens is 2. The van der Waals surface area contributed by atoms with Crippen LogP contribution in [0.25, 0.3) is 41.7 Å². The van der Waals surface area contributed by atoms with Crippen LogP contribution in [0.2, 0.25) is 0 Å². The van der Waals surface area contributed by atoms with Crippen molar-refractivity contribution in [3.63, 3.8) is 0 Å². The fourth-order valence-corrected chi connectivity index (χ4v) is 8.18. The van der Waals surface area contributed by atoms with Gasteiger partial charge in [0, 0.05) is 27.4 Å². The van der Waals surface area contributed by atoms with Crippen LogP contribution in [0.4, 0.5) is 9.59 Å². The average Bonchev–Trinajstić information content (AvgIpc) is 3.94. The lowest BCUT2D eigenvalue weighted by molar-refractivity contribution is -0.130. The summed E-state index contributed by atoms with van der Waals surface area (Å²) in [5.41, 5.74) is 3.43. The molecule has 0 saturated carbocycles. The molecule has 5 aromatic rings. The number of hydrogen-bond donors (Lipinski definition) is 3. The van der Waals surface area contributed by atoms with Gasteiger partial charge in [-0.15, -0.1) is 22.7 Å². The molecule has 1 aromatic carbocycles. The summed E-state index contributed by atoms with van der Waals surface area (Å²) < 4.78 is 12.6. The maximum absolute atomic E-state index is 12.8. The van der Waals surface area contributed by atoms with Gasteiger partial charge in [0.1, 0.15) is 23.8 Å². The van der Waals surface area contributed by atoms with Crippen LogP contribution >= 0.6 is 22.7 Å². The Bertz CT molecular complexity index is 1920. The second-order valence-electron chi connectivity index (χ2n) is 13.7. The number of nitrogens with zero attached hydrogens (tertiary/aromatic N) is 4. The number of ether oxygens (including phenoxy) is 2. The Balaban J connectivity index is 0.00000168. The van der Waals surface area contributed by atoms with E-state index in [4.69, 9.17) is 4.74 Å². The summed E-state index contributed by atoms with van der Waals surface area (Å²) in [6, 6.07) is 12.7. The van der Waals surface area contributed by atoms with E-state index in [1.54, 1.807) is 38.7 Å². The van der Waals surface area contributed by atoms with Crippen LogP contribution in [0.5, 0.6) is 0 Å². The van der Waals surface area contributed by atoms with Gasteiger partial charge in [0.05, 0.1) is 48.4 Å². The van der Waals surface area contributed by atoms with Crippen molar-refractivity contribution in [2.45, 2.75) is 85.4 Å². The van der Waals surface area contributed by atoms with Gasteiger partial charge in [-0.2, -0.15) is 0 Å². The molecule has 1 fully saturated rings. The molecule has 52 heavy (non-hydrogen) atoms. The lowest BCUT2D eigenvalue weighted by atomic mass is 10.1.